The highest BCUT2D eigenvalue weighted by molar-refractivity contribution is 7.89. The molecule has 1 aromatic carbocycles. The lowest BCUT2D eigenvalue weighted by atomic mass is 10.1. The SMILES string of the molecule is CC(Cc1ccco1)NC(=O)c1ccc(S(=O)(=O)N2CCCCCC2)cc1. The van der Waals surface area contributed by atoms with Crippen LogP contribution < -0.4 is 5.32 Å². The molecule has 1 fully saturated rings. The van der Waals surface area contributed by atoms with Crippen molar-refractivity contribution in [1.82, 2.24) is 9.62 Å². The van der Waals surface area contributed by atoms with Crippen LogP contribution in [0.3, 0.4) is 0 Å². The highest BCUT2D eigenvalue weighted by Gasteiger charge is 2.25. The Morgan fingerprint density at radius 1 is 1.11 bits per heavy atom. The summed E-state index contributed by atoms with van der Waals surface area (Å²) < 4.78 is 32.4. The molecule has 6 nitrogen and oxygen atoms in total. The maximum Gasteiger partial charge on any atom is 0.251 e. The molecule has 0 bridgehead atoms. The summed E-state index contributed by atoms with van der Waals surface area (Å²) >= 11 is 0. The fraction of sp³-hybridized carbons (Fsp3) is 0.450. The second-order valence-corrected chi connectivity index (χ2v) is 8.94. The van der Waals surface area contributed by atoms with Crippen LogP contribution in [0.4, 0.5) is 0 Å². The van der Waals surface area contributed by atoms with Crippen molar-refractivity contribution in [2.24, 2.45) is 0 Å². The van der Waals surface area contributed by atoms with Gasteiger partial charge in [0.15, 0.2) is 0 Å². The van der Waals surface area contributed by atoms with E-state index in [4.69, 9.17) is 4.42 Å². The van der Waals surface area contributed by atoms with Gasteiger partial charge in [0, 0.05) is 31.1 Å². The van der Waals surface area contributed by atoms with Gasteiger partial charge in [0.2, 0.25) is 10.0 Å². The van der Waals surface area contributed by atoms with Crippen molar-refractivity contribution in [1.29, 1.82) is 0 Å². The van der Waals surface area contributed by atoms with Crippen LogP contribution in [0.1, 0.15) is 48.7 Å². The molecule has 1 atom stereocenters. The molecule has 0 aliphatic carbocycles. The Hall–Kier alpha value is -2.12. The van der Waals surface area contributed by atoms with Gasteiger partial charge in [0.25, 0.3) is 5.91 Å². The smallest absolute Gasteiger partial charge is 0.251 e. The Balaban J connectivity index is 1.64. The molecule has 2 aromatic rings. The number of rotatable bonds is 6. The Morgan fingerprint density at radius 3 is 2.37 bits per heavy atom. The van der Waals surface area contributed by atoms with E-state index in [0.717, 1.165) is 31.4 Å². The summed E-state index contributed by atoms with van der Waals surface area (Å²) in [6.45, 7) is 3.03. The summed E-state index contributed by atoms with van der Waals surface area (Å²) in [5.74, 6) is 0.578. The van der Waals surface area contributed by atoms with Crippen LogP contribution in [-0.4, -0.2) is 37.8 Å². The Bertz CT molecular complexity index is 837. The summed E-state index contributed by atoms with van der Waals surface area (Å²) in [7, 11) is -3.50. The minimum atomic E-state index is -3.50. The number of carbonyl (C=O) groups excluding carboxylic acids is 1. The normalized spacial score (nSPS) is 17.2. The van der Waals surface area contributed by atoms with Crippen LogP contribution in [-0.2, 0) is 16.4 Å². The molecular formula is C20H26N2O4S. The summed E-state index contributed by atoms with van der Waals surface area (Å²) in [6.07, 6.45) is 6.14. The molecule has 27 heavy (non-hydrogen) atoms. The molecule has 0 saturated carbocycles. The zero-order chi connectivity index (χ0) is 19.3. The first kappa shape index (κ1) is 19.6. The predicted molar refractivity (Wildman–Crippen MR) is 103 cm³/mol. The molecule has 3 rings (SSSR count). The molecule has 1 aliphatic heterocycles. The number of sulfonamides is 1. The number of furan rings is 1. The van der Waals surface area contributed by atoms with Crippen LogP contribution in [0.25, 0.3) is 0 Å². The first-order chi connectivity index (χ1) is 13.0. The fourth-order valence-electron chi connectivity index (χ4n) is 3.30. The molecule has 1 amide bonds. The number of nitrogens with one attached hydrogen (secondary N) is 1. The second kappa shape index (κ2) is 8.71. The van der Waals surface area contributed by atoms with Gasteiger partial charge in [-0.25, -0.2) is 8.42 Å². The van der Waals surface area contributed by atoms with Gasteiger partial charge < -0.3 is 9.73 Å². The van der Waals surface area contributed by atoms with E-state index in [-0.39, 0.29) is 16.8 Å². The van der Waals surface area contributed by atoms with Gasteiger partial charge in [0.05, 0.1) is 11.2 Å². The molecular weight excluding hydrogens is 364 g/mol. The molecule has 0 spiro atoms. The zero-order valence-electron chi connectivity index (χ0n) is 15.6. The summed E-state index contributed by atoms with van der Waals surface area (Å²) in [6, 6.07) is 9.76. The Morgan fingerprint density at radius 2 is 1.78 bits per heavy atom. The predicted octanol–water partition coefficient (Wildman–Crippen LogP) is 3.21. The van der Waals surface area contributed by atoms with Gasteiger partial charge in [-0.3, -0.25) is 4.79 Å². The molecule has 1 aromatic heterocycles. The number of carbonyl (C=O) groups is 1. The third kappa shape index (κ3) is 4.99. The van der Waals surface area contributed by atoms with Gasteiger partial charge >= 0.3 is 0 Å². The first-order valence-corrected chi connectivity index (χ1v) is 10.8. The monoisotopic (exact) mass is 390 g/mol. The van der Waals surface area contributed by atoms with E-state index in [1.165, 1.54) is 12.1 Å². The van der Waals surface area contributed by atoms with E-state index in [0.29, 0.717) is 25.1 Å². The van der Waals surface area contributed by atoms with Crippen molar-refractivity contribution in [3.8, 4) is 0 Å². The largest absolute Gasteiger partial charge is 0.469 e. The van der Waals surface area contributed by atoms with Crippen molar-refractivity contribution in [2.75, 3.05) is 13.1 Å². The third-order valence-corrected chi connectivity index (χ3v) is 6.70. The van der Waals surface area contributed by atoms with Crippen molar-refractivity contribution in [2.45, 2.75) is 50.0 Å². The van der Waals surface area contributed by atoms with E-state index >= 15 is 0 Å². The van der Waals surface area contributed by atoms with Gasteiger partial charge in [-0.15, -0.1) is 0 Å². The lowest BCUT2D eigenvalue weighted by Crippen LogP contribution is -2.34. The van der Waals surface area contributed by atoms with E-state index in [1.54, 1.807) is 22.7 Å². The lowest BCUT2D eigenvalue weighted by molar-refractivity contribution is 0.0939. The molecule has 7 heteroatoms. The topological polar surface area (TPSA) is 79.6 Å². The van der Waals surface area contributed by atoms with Crippen LogP contribution in [0.2, 0.25) is 0 Å². The minimum absolute atomic E-state index is 0.0934. The molecule has 1 N–H and O–H groups in total. The molecule has 0 radical (unpaired) electrons. The average Bonchev–Trinajstić information content (AvgIpc) is 3.00. The highest BCUT2D eigenvalue weighted by Crippen LogP contribution is 2.20. The first-order valence-electron chi connectivity index (χ1n) is 9.40. The number of benzene rings is 1. The lowest BCUT2D eigenvalue weighted by Gasteiger charge is -2.20. The van der Waals surface area contributed by atoms with E-state index in [1.807, 2.05) is 19.1 Å². The van der Waals surface area contributed by atoms with Crippen LogP contribution in [0.5, 0.6) is 0 Å². The van der Waals surface area contributed by atoms with Crippen molar-refractivity contribution < 1.29 is 17.6 Å². The molecule has 146 valence electrons. The number of hydrogen-bond acceptors (Lipinski definition) is 4. The molecule has 2 heterocycles. The van der Waals surface area contributed by atoms with Crippen LogP contribution in [0, 0.1) is 0 Å². The number of amides is 1. The summed E-state index contributed by atoms with van der Waals surface area (Å²) in [5, 5.41) is 2.91. The van der Waals surface area contributed by atoms with Crippen LogP contribution >= 0.6 is 0 Å². The van der Waals surface area contributed by atoms with Crippen LogP contribution in [0.15, 0.2) is 52.0 Å². The number of hydrogen-bond donors (Lipinski definition) is 1. The van der Waals surface area contributed by atoms with Gasteiger partial charge in [-0.05, 0) is 56.2 Å². The third-order valence-electron chi connectivity index (χ3n) is 4.78. The van der Waals surface area contributed by atoms with Crippen molar-refractivity contribution in [3.63, 3.8) is 0 Å². The standard InChI is InChI=1S/C20H26N2O4S/c1-16(15-18-7-6-14-26-18)21-20(23)17-8-10-19(11-9-17)27(24,25)22-12-4-2-3-5-13-22/h6-11,14,16H,2-5,12-13,15H2,1H3,(H,21,23). The quantitative estimate of drug-likeness (QED) is 0.821. The Labute approximate surface area is 160 Å². The molecule has 1 aliphatic rings. The summed E-state index contributed by atoms with van der Waals surface area (Å²) in [4.78, 5) is 12.6. The zero-order valence-corrected chi connectivity index (χ0v) is 16.4. The van der Waals surface area contributed by atoms with Gasteiger partial charge in [-0.1, -0.05) is 12.8 Å². The number of nitrogens with zero attached hydrogens (tertiary/aromatic N) is 1. The van der Waals surface area contributed by atoms with Crippen molar-refractivity contribution >= 4 is 15.9 Å². The minimum Gasteiger partial charge on any atom is -0.469 e. The summed E-state index contributed by atoms with van der Waals surface area (Å²) in [5.41, 5.74) is 0.441. The second-order valence-electron chi connectivity index (χ2n) is 7.00. The van der Waals surface area contributed by atoms with E-state index < -0.39 is 10.0 Å². The van der Waals surface area contributed by atoms with Crippen molar-refractivity contribution in [3.05, 3.63) is 54.0 Å². The van der Waals surface area contributed by atoms with Gasteiger partial charge in [-0.2, -0.15) is 4.31 Å². The maximum absolute atomic E-state index is 12.8. The average molecular weight is 391 g/mol. The fourth-order valence-corrected chi connectivity index (χ4v) is 4.82. The Kier molecular flexibility index (Phi) is 6.34. The van der Waals surface area contributed by atoms with E-state index in [2.05, 4.69) is 5.32 Å². The highest BCUT2D eigenvalue weighted by atomic mass is 32.2. The maximum atomic E-state index is 12.8. The molecule has 1 saturated heterocycles. The molecule has 1 unspecified atom stereocenters. The van der Waals surface area contributed by atoms with E-state index in [9.17, 15) is 13.2 Å². The van der Waals surface area contributed by atoms with Gasteiger partial charge in [0.1, 0.15) is 5.76 Å².